The number of aromatic nitrogens is 2. The third-order valence-corrected chi connectivity index (χ3v) is 3.34. The van der Waals surface area contributed by atoms with Crippen LogP contribution >= 0.6 is 15.9 Å². The van der Waals surface area contributed by atoms with Crippen molar-refractivity contribution in [1.82, 2.24) is 9.55 Å². The van der Waals surface area contributed by atoms with Crippen molar-refractivity contribution in [1.29, 1.82) is 0 Å². The van der Waals surface area contributed by atoms with Crippen LogP contribution in [0.4, 0.5) is 11.6 Å². The highest BCUT2D eigenvalue weighted by atomic mass is 79.9. The Balaban J connectivity index is 2.23. The molecule has 0 aliphatic heterocycles. The second-order valence-corrected chi connectivity index (χ2v) is 5.12. The van der Waals surface area contributed by atoms with Crippen LogP contribution in [0.15, 0.2) is 35.1 Å². The number of nitrogens with one attached hydrogen (secondary N) is 1. The molecule has 6 nitrogen and oxygen atoms in total. The number of nitrogens with zero attached hydrogens (tertiary/aromatic N) is 3. The number of hydrogen-bond acceptors (Lipinski definition) is 4. The van der Waals surface area contributed by atoms with Gasteiger partial charge in [0.2, 0.25) is 12.1 Å². The van der Waals surface area contributed by atoms with E-state index in [1.807, 2.05) is 31.2 Å². The molecule has 0 aliphatic rings. The molecule has 0 fully saturated rings. The summed E-state index contributed by atoms with van der Waals surface area (Å²) in [6, 6.07) is 7.74. The largest absolute Gasteiger partial charge is 0.406 e. The van der Waals surface area contributed by atoms with Crippen molar-refractivity contribution in [3.05, 3.63) is 50.7 Å². The zero-order valence-electron chi connectivity index (χ0n) is 10.5. The van der Waals surface area contributed by atoms with Gasteiger partial charge in [0.15, 0.2) is 0 Å². The van der Waals surface area contributed by atoms with Gasteiger partial charge in [-0.2, -0.15) is 0 Å². The molecule has 1 N–H and O–H groups in total. The van der Waals surface area contributed by atoms with Crippen molar-refractivity contribution in [2.45, 2.75) is 13.0 Å². The summed E-state index contributed by atoms with van der Waals surface area (Å²) in [6.07, 6.45) is 1.43. The van der Waals surface area contributed by atoms with E-state index in [1.54, 1.807) is 11.6 Å². The van der Waals surface area contributed by atoms with Crippen LogP contribution in [0.2, 0.25) is 0 Å². The number of rotatable bonds is 4. The molecule has 1 aromatic heterocycles. The molecule has 100 valence electrons. The van der Waals surface area contributed by atoms with E-state index in [9.17, 15) is 10.1 Å². The van der Waals surface area contributed by atoms with Gasteiger partial charge in [-0.05, 0) is 34.5 Å². The Labute approximate surface area is 118 Å². The van der Waals surface area contributed by atoms with Gasteiger partial charge in [0.1, 0.15) is 0 Å². The van der Waals surface area contributed by atoms with E-state index in [0.717, 1.165) is 10.0 Å². The maximum absolute atomic E-state index is 10.9. The quantitative estimate of drug-likeness (QED) is 0.692. The van der Waals surface area contributed by atoms with Crippen molar-refractivity contribution in [3.63, 3.8) is 0 Å². The van der Waals surface area contributed by atoms with Crippen LogP contribution in [0, 0.1) is 10.1 Å². The molecule has 0 spiro atoms. The first-order valence-electron chi connectivity index (χ1n) is 5.66. The van der Waals surface area contributed by atoms with Gasteiger partial charge in [0, 0.05) is 11.5 Å². The lowest BCUT2D eigenvalue weighted by Gasteiger charge is -2.15. The van der Waals surface area contributed by atoms with Gasteiger partial charge in [0.25, 0.3) is 0 Å². The molecule has 0 saturated carbocycles. The van der Waals surface area contributed by atoms with E-state index < -0.39 is 4.92 Å². The first kappa shape index (κ1) is 13.5. The summed E-state index contributed by atoms with van der Waals surface area (Å²) < 4.78 is 2.60. The first-order chi connectivity index (χ1) is 8.99. The van der Waals surface area contributed by atoms with Crippen molar-refractivity contribution in [2.24, 2.45) is 7.05 Å². The van der Waals surface area contributed by atoms with Crippen molar-refractivity contribution >= 4 is 27.6 Å². The molecular formula is C12H13BrN4O2. The Hall–Kier alpha value is -1.89. The van der Waals surface area contributed by atoms with Crippen LogP contribution in [0.25, 0.3) is 0 Å². The fourth-order valence-corrected chi connectivity index (χ4v) is 2.02. The van der Waals surface area contributed by atoms with Crippen LogP contribution in [-0.2, 0) is 7.05 Å². The molecule has 0 saturated heterocycles. The van der Waals surface area contributed by atoms with Crippen molar-refractivity contribution in [3.8, 4) is 0 Å². The lowest BCUT2D eigenvalue weighted by molar-refractivity contribution is -0.388. The molecule has 1 aromatic carbocycles. The van der Waals surface area contributed by atoms with Crippen molar-refractivity contribution in [2.75, 3.05) is 5.32 Å². The number of benzene rings is 1. The molecule has 0 amide bonds. The van der Waals surface area contributed by atoms with E-state index in [4.69, 9.17) is 0 Å². The summed E-state index contributed by atoms with van der Waals surface area (Å²) in [5.41, 5.74) is 1.04. The average molecular weight is 325 g/mol. The lowest BCUT2D eigenvalue weighted by atomic mass is 10.1. The minimum Gasteiger partial charge on any atom is -0.358 e. The van der Waals surface area contributed by atoms with Gasteiger partial charge in [-0.1, -0.05) is 28.1 Å². The molecule has 1 heterocycles. The van der Waals surface area contributed by atoms with Gasteiger partial charge >= 0.3 is 5.82 Å². The number of halogens is 1. The van der Waals surface area contributed by atoms with Gasteiger partial charge in [-0.3, -0.25) is 4.57 Å². The Morgan fingerprint density at radius 3 is 2.63 bits per heavy atom. The molecule has 0 aliphatic carbocycles. The summed E-state index contributed by atoms with van der Waals surface area (Å²) in [5, 5.41) is 14.0. The Kier molecular flexibility index (Phi) is 3.84. The van der Waals surface area contributed by atoms with Gasteiger partial charge in [-0.15, -0.1) is 0 Å². The molecule has 0 bridgehead atoms. The molecule has 1 atom stereocenters. The smallest absolute Gasteiger partial charge is 0.358 e. The fourth-order valence-electron chi connectivity index (χ4n) is 1.76. The molecule has 2 rings (SSSR count). The van der Waals surface area contributed by atoms with Crippen LogP contribution in [0.5, 0.6) is 0 Å². The Morgan fingerprint density at radius 2 is 2.05 bits per heavy atom. The second-order valence-electron chi connectivity index (χ2n) is 4.20. The van der Waals surface area contributed by atoms with Crippen LogP contribution < -0.4 is 5.32 Å². The minimum atomic E-state index is -0.489. The molecule has 0 radical (unpaired) electrons. The standard InChI is InChI=1S/C12H13BrN4O2/c1-8(9-3-5-10(13)6-4-9)15-12-11(17(18)19)14-7-16(12)2/h3-8,15H,1-2H3. The first-order valence-corrected chi connectivity index (χ1v) is 6.46. The molecule has 19 heavy (non-hydrogen) atoms. The van der Waals surface area contributed by atoms with E-state index >= 15 is 0 Å². The third kappa shape index (κ3) is 2.93. The lowest BCUT2D eigenvalue weighted by Crippen LogP contribution is -2.10. The van der Waals surface area contributed by atoms with Gasteiger partial charge in [-0.25, -0.2) is 0 Å². The summed E-state index contributed by atoms with van der Waals surface area (Å²) in [6.45, 7) is 1.94. The Morgan fingerprint density at radius 1 is 1.42 bits per heavy atom. The molecule has 7 heteroatoms. The van der Waals surface area contributed by atoms with Crippen LogP contribution in [-0.4, -0.2) is 14.5 Å². The highest BCUT2D eigenvalue weighted by molar-refractivity contribution is 9.10. The normalized spacial score (nSPS) is 12.2. The summed E-state index contributed by atoms with van der Waals surface area (Å²) in [7, 11) is 1.72. The Bertz CT molecular complexity index is 594. The molecule has 2 aromatic rings. The topological polar surface area (TPSA) is 73.0 Å². The maximum Gasteiger partial charge on any atom is 0.406 e. The third-order valence-electron chi connectivity index (χ3n) is 2.81. The molecule has 1 unspecified atom stereocenters. The SMILES string of the molecule is CC(Nc1c([N+](=O)[O-])ncn1C)c1ccc(Br)cc1. The monoisotopic (exact) mass is 324 g/mol. The summed E-state index contributed by atoms with van der Waals surface area (Å²) in [4.78, 5) is 14.2. The molecular weight excluding hydrogens is 312 g/mol. The zero-order valence-corrected chi connectivity index (χ0v) is 12.1. The van der Waals surface area contributed by atoms with Gasteiger partial charge < -0.3 is 15.4 Å². The predicted octanol–water partition coefficient (Wildman–Crippen LogP) is 3.26. The van der Waals surface area contributed by atoms with Crippen molar-refractivity contribution < 1.29 is 4.92 Å². The number of anilines is 1. The van der Waals surface area contributed by atoms with E-state index in [0.29, 0.717) is 5.82 Å². The fraction of sp³-hybridized carbons (Fsp3) is 0.250. The zero-order chi connectivity index (χ0) is 14.0. The maximum atomic E-state index is 10.9. The van der Waals surface area contributed by atoms with E-state index in [1.165, 1.54) is 6.33 Å². The number of nitro groups is 1. The van der Waals surface area contributed by atoms with Crippen LogP contribution in [0.3, 0.4) is 0 Å². The highest BCUT2D eigenvalue weighted by Crippen LogP contribution is 2.26. The number of imidazole rings is 1. The predicted molar refractivity (Wildman–Crippen MR) is 76.0 cm³/mol. The van der Waals surface area contributed by atoms with E-state index in [-0.39, 0.29) is 11.9 Å². The summed E-state index contributed by atoms with van der Waals surface area (Å²) >= 11 is 3.37. The summed E-state index contributed by atoms with van der Waals surface area (Å²) in [5.74, 6) is 0.242. The average Bonchev–Trinajstić information content (AvgIpc) is 2.72. The second kappa shape index (κ2) is 5.40. The van der Waals surface area contributed by atoms with Gasteiger partial charge in [0.05, 0.1) is 6.04 Å². The van der Waals surface area contributed by atoms with Crippen LogP contribution in [0.1, 0.15) is 18.5 Å². The number of aryl methyl sites for hydroxylation is 1. The minimum absolute atomic E-state index is 0.0535. The number of hydrogen-bond donors (Lipinski definition) is 1. The highest BCUT2D eigenvalue weighted by Gasteiger charge is 2.21. The van der Waals surface area contributed by atoms with E-state index in [2.05, 4.69) is 26.2 Å².